The van der Waals surface area contributed by atoms with E-state index in [9.17, 15) is 14.7 Å². The molecule has 2 rings (SSSR count). The number of aromatic nitrogens is 2. The van der Waals surface area contributed by atoms with Crippen LogP contribution in [0.2, 0.25) is 0 Å². The lowest BCUT2D eigenvalue weighted by molar-refractivity contribution is 0.179. The summed E-state index contributed by atoms with van der Waals surface area (Å²) in [5.41, 5.74) is 1.02. The van der Waals surface area contributed by atoms with Crippen molar-refractivity contribution in [3.05, 3.63) is 68.5 Å². The van der Waals surface area contributed by atoms with Gasteiger partial charge in [0.15, 0.2) is 0 Å². The molecule has 1 aromatic heterocycles. The van der Waals surface area contributed by atoms with Gasteiger partial charge in [0.25, 0.3) is 5.56 Å². The summed E-state index contributed by atoms with van der Waals surface area (Å²) < 4.78 is 2.53. The van der Waals surface area contributed by atoms with Gasteiger partial charge in [-0.25, -0.2) is 4.79 Å². The van der Waals surface area contributed by atoms with Gasteiger partial charge in [-0.3, -0.25) is 14.3 Å². The molecule has 1 heterocycles. The number of benzene rings is 1. The third kappa shape index (κ3) is 3.78. The number of aryl methyl sites for hydroxylation is 1. The minimum Gasteiger partial charge on any atom is -0.396 e. The Morgan fingerprint density at radius 1 is 1.17 bits per heavy atom. The maximum absolute atomic E-state index is 12.3. The molecule has 1 aromatic carbocycles. The predicted molar refractivity (Wildman–Crippen MR) is 89.3 cm³/mol. The zero-order valence-electron chi connectivity index (χ0n) is 13.8. The van der Waals surface area contributed by atoms with Gasteiger partial charge < -0.3 is 9.67 Å². The normalized spacial score (nSPS) is 12.6. The Labute approximate surface area is 135 Å². The molecular weight excluding hydrogens is 294 g/mol. The van der Waals surface area contributed by atoms with Gasteiger partial charge in [0.05, 0.1) is 0 Å². The minimum absolute atomic E-state index is 0.00291. The molecular formula is C17H23N3O3. The van der Waals surface area contributed by atoms with Crippen molar-refractivity contribution in [1.29, 1.82) is 0 Å². The van der Waals surface area contributed by atoms with Crippen LogP contribution < -0.4 is 11.2 Å². The molecule has 0 radical (unpaired) electrons. The highest BCUT2D eigenvalue weighted by molar-refractivity contribution is 5.19. The largest absolute Gasteiger partial charge is 0.396 e. The molecule has 1 atom stereocenters. The Bertz CT molecular complexity index is 765. The maximum atomic E-state index is 12.3. The fourth-order valence-corrected chi connectivity index (χ4v) is 2.81. The first-order valence-corrected chi connectivity index (χ1v) is 7.57. The summed E-state index contributed by atoms with van der Waals surface area (Å²) in [7, 11) is 5.03. The molecule has 0 saturated heterocycles. The van der Waals surface area contributed by atoms with Gasteiger partial charge in [0.2, 0.25) is 0 Å². The third-order valence-electron chi connectivity index (χ3n) is 4.06. The van der Waals surface area contributed by atoms with E-state index >= 15 is 0 Å². The zero-order chi connectivity index (χ0) is 17.0. The Morgan fingerprint density at radius 2 is 1.83 bits per heavy atom. The van der Waals surface area contributed by atoms with Crippen molar-refractivity contribution in [1.82, 2.24) is 14.0 Å². The average molecular weight is 317 g/mol. The molecule has 6 nitrogen and oxygen atoms in total. The summed E-state index contributed by atoms with van der Waals surface area (Å²) in [6.07, 6.45) is 2.16. The molecule has 0 spiro atoms. The van der Waals surface area contributed by atoms with Crippen molar-refractivity contribution in [2.75, 3.05) is 13.7 Å². The number of aliphatic hydroxyl groups is 1. The van der Waals surface area contributed by atoms with Crippen LogP contribution in [0.25, 0.3) is 0 Å². The van der Waals surface area contributed by atoms with Crippen LogP contribution in [0.3, 0.4) is 0 Å². The maximum Gasteiger partial charge on any atom is 0.330 e. The summed E-state index contributed by atoms with van der Waals surface area (Å²) in [5.74, 6) is 0. The third-order valence-corrected chi connectivity index (χ3v) is 4.06. The quantitative estimate of drug-likeness (QED) is 0.849. The second-order valence-electron chi connectivity index (χ2n) is 5.77. The molecule has 6 heteroatoms. The highest BCUT2D eigenvalue weighted by atomic mass is 16.3. The molecule has 124 valence electrons. The van der Waals surface area contributed by atoms with E-state index in [1.165, 1.54) is 11.6 Å². The van der Waals surface area contributed by atoms with Crippen molar-refractivity contribution in [2.24, 2.45) is 14.1 Å². The molecule has 0 fully saturated rings. The molecule has 0 aliphatic rings. The van der Waals surface area contributed by atoms with Crippen LogP contribution in [0.5, 0.6) is 0 Å². The van der Waals surface area contributed by atoms with Gasteiger partial charge in [0, 0.05) is 45.0 Å². The van der Waals surface area contributed by atoms with E-state index in [1.54, 1.807) is 13.2 Å². The van der Waals surface area contributed by atoms with Crippen LogP contribution in [0, 0.1) is 0 Å². The lowest BCUT2D eigenvalue weighted by atomic mass is 10.0. The first kappa shape index (κ1) is 17.2. The lowest BCUT2D eigenvalue weighted by Gasteiger charge is -2.28. The first-order valence-electron chi connectivity index (χ1n) is 7.57. The zero-order valence-corrected chi connectivity index (χ0v) is 13.8. The van der Waals surface area contributed by atoms with Crippen LogP contribution in [0.15, 0.2) is 46.1 Å². The van der Waals surface area contributed by atoms with Gasteiger partial charge in [-0.1, -0.05) is 30.3 Å². The molecule has 23 heavy (non-hydrogen) atoms. The van der Waals surface area contributed by atoms with E-state index in [-0.39, 0.29) is 23.9 Å². The summed E-state index contributed by atoms with van der Waals surface area (Å²) in [4.78, 5) is 26.1. The van der Waals surface area contributed by atoms with Crippen molar-refractivity contribution >= 4 is 0 Å². The number of aliphatic hydroxyl groups excluding tert-OH is 1. The van der Waals surface area contributed by atoms with E-state index in [4.69, 9.17) is 0 Å². The fourth-order valence-electron chi connectivity index (χ4n) is 2.81. The molecule has 1 N–H and O–H groups in total. The van der Waals surface area contributed by atoms with Crippen molar-refractivity contribution in [2.45, 2.75) is 19.0 Å². The molecule has 0 amide bonds. The smallest absolute Gasteiger partial charge is 0.330 e. The summed E-state index contributed by atoms with van der Waals surface area (Å²) in [6.45, 7) is 0.468. The molecule has 0 aliphatic heterocycles. The van der Waals surface area contributed by atoms with Crippen LogP contribution in [0.4, 0.5) is 0 Å². The van der Waals surface area contributed by atoms with Crippen molar-refractivity contribution in [3.63, 3.8) is 0 Å². The monoisotopic (exact) mass is 317 g/mol. The molecule has 2 aromatic rings. The van der Waals surface area contributed by atoms with E-state index in [0.29, 0.717) is 18.5 Å². The second-order valence-corrected chi connectivity index (χ2v) is 5.77. The topological polar surface area (TPSA) is 67.5 Å². The highest BCUT2D eigenvalue weighted by Gasteiger charge is 2.18. The Hall–Kier alpha value is -2.18. The second kappa shape index (κ2) is 7.39. The average Bonchev–Trinajstić information content (AvgIpc) is 2.56. The van der Waals surface area contributed by atoms with Crippen molar-refractivity contribution < 1.29 is 5.11 Å². The Balaban J connectivity index is 2.31. The first-order chi connectivity index (χ1) is 11.0. The summed E-state index contributed by atoms with van der Waals surface area (Å²) >= 11 is 0. The van der Waals surface area contributed by atoms with Crippen LogP contribution in [-0.2, 0) is 20.6 Å². The number of hydrogen-bond donors (Lipinski definition) is 1. The highest BCUT2D eigenvalue weighted by Crippen LogP contribution is 2.23. The Kier molecular flexibility index (Phi) is 5.52. The SMILES string of the molecule is CN(Cc1cn(C)c(=O)n(C)c1=O)C(CCO)c1ccccc1. The standard InChI is InChI=1S/C17H23N3O3/c1-18(15(9-10-21)13-7-5-4-6-8-13)11-14-12-19(2)17(23)20(3)16(14)22/h4-8,12,15,21H,9-11H2,1-3H3. The van der Waals surface area contributed by atoms with Crippen molar-refractivity contribution in [3.8, 4) is 0 Å². The van der Waals surface area contributed by atoms with E-state index < -0.39 is 0 Å². The molecule has 1 unspecified atom stereocenters. The van der Waals surface area contributed by atoms with Crippen LogP contribution in [0.1, 0.15) is 23.6 Å². The molecule has 0 bridgehead atoms. The van der Waals surface area contributed by atoms with Crippen LogP contribution in [-0.4, -0.2) is 32.8 Å². The number of nitrogens with zero attached hydrogens (tertiary/aromatic N) is 3. The lowest BCUT2D eigenvalue weighted by Crippen LogP contribution is -2.40. The van der Waals surface area contributed by atoms with E-state index in [2.05, 4.69) is 0 Å². The number of rotatable bonds is 6. The minimum atomic E-state index is -0.337. The summed E-state index contributed by atoms with van der Waals surface area (Å²) in [5, 5.41) is 9.35. The summed E-state index contributed by atoms with van der Waals surface area (Å²) in [6, 6.07) is 9.88. The fraction of sp³-hybridized carbons (Fsp3) is 0.412. The van der Waals surface area contributed by atoms with Crippen LogP contribution >= 0.6 is 0 Å². The molecule has 0 aliphatic carbocycles. The number of hydrogen-bond acceptors (Lipinski definition) is 4. The van der Waals surface area contributed by atoms with Gasteiger partial charge in [-0.15, -0.1) is 0 Å². The van der Waals surface area contributed by atoms with Gasteiger partial charge in [-0.2, -0.15) is 0 Å². The molecule has 0 saturated carbocycles. The predicted octanol–water partition coefficient (Wildman–Crippen LogP) is 0.640. The Morgan fingerprint density at radius 3 is 2.43 bits per heavy atom. The van der Waals surface area contributed by atoms with E-state index in [0.717, 1.165) is 10.1 Å². The van der Waals surface area contributed by atoms with E-state index in [1.807, 2.05) is 42.3 Å². The van der Waals surface area contributed by atoms with Gasteiger partial charge >= 0.3 is 5.69 Å². The van der Waals surface area contributed by atoms with Gasteiger partial charge in [0.1, 0.15) is 0 Å². The van der Waals surface area contributed by atoms with Gasteiger partial charge in [-0.05, 0) is 19.0 Å².